The van der Waals surface area contributed by atoms with Gasteiger partial charge < -0.3 is 26.4 Å². The Bertz CT molecular complexity index is 1300. The first kappa shape index (κ1) is 22.9. The maximum absolute atomic E-state index is 14.6. The summed E-state index contributed by atoms with van der Waals surface area (Å²) >= 11 is 0. The van der Waals surface area contributed by atoms with E-state index in [-0.39, 0.29) is 17.4 Å². The Morgan fingerprint density at radius 3 is 2.71 bits per heavy atom. The van der Waals surface area contributed by atoms with Crippen molar-refractivity contribution in [3.8, 4) is 17.1 Å². The first-order chi connectivity index (χ1) is 16.8. The van der Waals surface area contributed by atoms with E-state index in [9.17, 15) is 18.0 Å². The molecule has 1 saturated heterocycles. The van der Waals surface area contributed by atoms with E-state index in [0.717, 1.165) is 54.9 Å². The number of aromatic nitrogens is 2. The van der Waals surface area contributed by atoms with E-state index in [2.05, 4.69) is 20.2 Å². The zero-order valence-electron chi connectivity index (χ0n) is 18.7. The van der Waals surface area contributed by atoms with Crippen LogP contribution in [0.5, 0.6) is 5.88 Å². The number of carbonyl (C=O) groups is 1. The number of hydrogen-bond acceptors (Lipinski definition) is 7. The van der Waals surface area contributed by atoms with Crippen molar-refractivity contribution in [2.24, 2.45) is 5.73 Å². The fourth-order valence-corrected chi connectivity index (χ4v) is 4.56. The van der Waals surface area contributed by atoms with Crippen LogP contribution in [0.15, 0.2) is 30.5 Å². The molecule has 0 aliphatic carbocycles. The molecule has 5 N–H and O–H groups in total. The summed E-state index contributed by atoms with van der Waals surface area (Å²) in [6.45, 7) is 1.80. The molecular weight excluding hydrogens is 461 g/mol. The minimum Gasteiger partial charge on any atom is -0.477 e. The number of carbonyl (C=O) groups excluding carboxylic acids is 1. The Morgan fingerprint density at radius 1 is 1.20 bits per heavy atom. The van der Waals surface area contributed by atoms with Crippen LogP contribution < -0.4 is 26.4 Å². The molecule has 2 aromatic heterocycles. The summed E-state index contributed by atoms with van der Waals surface area (Å²) in [6, 6.07) is 3.90. The molecule has 1 amide bonds. The topological polar surface area (TPSA) is 119 Å². The number of nitrogens with two attached hydrogens (primary N) is 2. The van der Waals surface area contributed by atoms with E-state index in [1.165, 1.54) is 6.20 Å². The summed E-state index contributed by atoms with van der Waals surface area (Å²) in [6.07, 6.45) is 3.86. The SMILES string of the molecule is Nc1cc(F)c(-c2c(F)cccc2F)nc1C(=O)Nc1cnc2c(c1N1CCCC(N)C1)CCO2. The molecule has 1 atom stereocenters. The molecule has 4 heterocycles. The molecule has 3 aromatic rings. The third-order valence-corrected chi connectivity index (χ3v) is 6.14. The fraction of sp³-hybridized carbons (Fsp3) is 0.292. The van der Waals surface area contributed by atoms with E-state index in [0.29, 0.717) is 31.1 Å². The molecule has 1 unspecified atom stereocenters. The van der Waals surface area contributed by atoms with Gasteiger partial charge in [0.05, 0.1) is 35.4 Å². The van der Waals surface area contributed by atoms with Crippen molar-refractivity contribution in [1.82, 2.24) is 9.97 Å². The zero-order chi connectivity index (χ0) is 24.7. The first-order valence-electron chi connectivity index (χ1n) is 11.2. The van der Waals surface area contributed by atoms with Crippen LogP contribution in [0.1, 0.15) is 28.9 Å². The predicted molar refractivity (Wildman–Crippen MR) is 125 cm³/mol. The van der Waals surface area contributed by atoms with E-state index in [4.69, 9.17) is 16.2 Å². The van der Waals surface area contributed by atoms with Gasteiger partial charge in [0.25, 0.3) is 5.91 Å². The van der Waals surface area contributed by atoms with Gasteiger partial charge in [0.1, 0.15) is 17.3 Å². The van der Waals surface area contributed by atoms with Crippen molar-refractivity contribution >= 4 is 23.0 Å². The summed E-state index contributed by atoms with van der Waals surface area (Å²) < 4.78 is 48.8. The van der Waals surface area contributed by atoms with Gasteiger partial charge in [-0.25, -0.2) is 23.1 Å². The number of pyridine rings is 2. The van der Waals surface area contributed by atoms with E-state index >= 15 is 0 Å². The second-order valence-electron chi connectivity index (χ2n) is 8.56. The largest absolute Gasteiger partial charge is 0.477 e. The number of nitrogens with one attached hydrogen (secondary N) is 1. The summed E-state index contributed by atoms with van der Waals surface area (Å²) in [5, 5.41) is 2.74. The molecule has 8 nitrogen and oxygen atoms in total. The summed E-state index contributed by atoms with van der Waals surface area (Å²) in [7, 11) is 0. The number of halogens is 3. The summed E-state index contributed by atoms with van der Waals surface area (Å²) in [5.41, 5.74) is 12.1. The number of nitrogen functional groups attached to an aromatic ring is 1. The average molecular weight is 484 g/mol. The van der Waals surface area contributed by atoms with Gasteiger partial charge in [0, 0.05) is 37.2 Å². The number of ether oxygens (including phenoxy) is 1. The van der Waals surface area contributed by atoms with Crippen molar-refractivity contribution in [1.29, 1.82) is 0 Å². The molecule has 11 heteroatoms. The lowest BCUT2D eigenvalue weighted by molar-refractivity contribution is 0.102. The molecule has 0 spiro atoms. The first-order valence-corrected chi connectivity index (χ1v) is 11.2. The van der Waals surface area contributed by atoms with Crippen LogP contribution in [-0.4, -0.2) is 41.6 Å². The fourth-order valence-electron chi connectivity index (χ4n) is 4.56. The van der Waals surface area contributed by atoms with Crippen LogP contribution in [0.3, 0.4) is 0 Å². The number of amides is 1. The molecule has 2 aliphatic rings. The Kier molecular flexibility index (Phi) is 5.93. The minimum absolute atomic E-state index is 0.0222. The van der Waals surface area contributed by atoms with Gasteiger partial charge in [0.15, 0.2) is 11.5 Å². The Hall–Kier alpha value is -3.86. The highest BCUT2D eigenvalue weighted by Gasteiger charge is 2.29. The van der Waals surface area contributed by atoms with Crippen LogP contribution in [0.2, 0.25) is 0 Å². The smallest absolute Gasteiger partial charge is 0.276 e. The van der Waals surface area contributed by atoms with Gasteiger partial charge in [-0.05, 0) is 25.0 Å². The number of hydrogen-bond donors (Lipinski definition) is 3. The molecule has 1 fully saturated rings. The predicted octanol–water partition coefficient (Wildman–Crippen LogP) is 3.26. The lowest BCUT2D eigenvalue weighted by Crippen LogP contribution is -2.43. The molecule has 1 aromatic carbocycles. The van der Waals surface area contributed by atoms with E-state index < -0.39 is 34.6 Å². The third kappa shape index (κ3) is 4.23. The number of nitrogens with zero attached hydrogens (tertiary/aromatic N) is 3. The molecular formula is C24H23F3N6O2. The average Bonchev–Trinajstić information content (AvgIpc) is 3.29. The van der Waals surface area contributed by atoms with Gasteiger partial charge in [-0.3, -0.25) is 4.79 Å². The highest BCUT2D eigenvalue weighted by molar-refractivity contribution is 6.08. The maximum atomic E-state index is 14.6. The van der Waals surface area contributed by atoms with Gasteiger partial charge in [0.2, 0.25) is 5.88 Å². The number of fused-ring (bicyclic) bond motifs is 1. The van der Waals surface area contributed by atoms with E-state index in [1.807, 2.05) is 0 Å². The zero-order valence-corrected chi connectivity index (χ0v) is 18.7. The maximum Gasteiger partial charge on any atom is 0.276 e. The standard InChI is InChI=1S/C24H23F3N6O2/c25-14-4-1-5-15(26)19(14)20-16(27)9-17(29)21(32-20)23(34)31-18-10-30-24-13(6-8-35-24)22(18)33-7-2-3-12(28)11-33/h1,4-5,9-10,12H,2-3,6-8,11,28-29H2,(H,31,34). The van der Waals surface area contributed by atoms with Crippen LogP contribution in [0.4, 0.5) is 30.2 Å². The monoisotopic (exact) mass is 484 g/mol. The highest BCUT2D eigenvalue weighted by Crippen LogP contribution is 2.39. The second kappa shape index (κ2) is 9.06. The number of piperidine rings is 1. The Labute approximate surface area is 199 Å². The number of benzene rings is 1. The van der Waals surface area contributed by atoms with Crippen LogP contribution in [-0.2, 0) is 6.42 Å². The van der Waals surface area contributed by atoms with Crippen LogP contribution >= 0.6 is 0 Å². The van der Waals surface area contributed by atoms with Crippen molar-refractivity contribution in [3.63, 3.8) is 0 Å². The number of anilines is 3. The molecule has 35 heavy (non-hydrogen) atoms. The Balaban J connectivity index is 1.54. The second-order valence-corrected chi connectivity index (χ2v) is 8.56. The van der Waals surface area contributed by atoms with Crippen molar-refractivity contribution < 1.29 is 22.7 Å². The van der Waals surface area contributed by atoms with Crippen LogP contribution in [0, 0.1) is 17.5 Å². The normalized spacial score (nSPS) is 17.1. The van der Waals surface area contributed by atoms with Gasteiger partial charge in [-0.2, -0.15) is 0 Å². The molecule has 182 valence electrons. The molecule has 2 aliphatic heterocycles. The molecule has 0 bridgehead atoms. The van der Waals surface area contributed by atoms with Crippen molar-refractivity contribution in [2.45, 2.75) is 25.3 Å². The third-order valence-electron chi connectivity index (χ3n) is 6.14. The summed E-state index contributed by atoms with van der Waals surface area (Å²) in [4.78, 5) is 23.5. The quantitative estimate of drug-likeness (QED) is 0.520. The van der Waals surface area contributed by atoms with Gasteiger partial charge in [-0.1, -0.05) is 6.07 Å². The summed E-state index contributed by atoms with van der Waals surface area (Å²) in [5.74, 6) is -3.36. The van der Waals surface area contributed by atoms with E-state index in [1.54, 1.807) is 0 Å². The Morgan fingerprint density at radius 2 is 1.97 bits per heavy atom. The minimum atomic E-state index is -1.05. The highest BCUT2D eigenvalue weighted by atomic mass is 19.1. The van der Waals surface area contributed by atoms with Gasteiger partial charge in [-0.15, -0.1) is 0 Å². The molecule has 5 rings (SSSR count). The molecule has 0 saturated carbocycles. The van der Waals surface area contributed by atoms with Crippen molar-refractivity contribution in [2.75, 3.05) is 35.6 Å². The lowest BCUT2D eigenvalue weighted by Gasteiger charge is -2.34. The number of rotatable bonds is 4. The van der Waals surface area contributed by atoms with Gasteiger partial charge >= 0.3 is 0 Å². The molecule has 0 radical (unpaired) electrons. The van der Waals surface area contributed by atoms with Crippen molar-refractivity contribution in [3.05, 3.63) is 59.2 Å². The van der Waals surface area contributed by atoms with Crippen LogP contribution in [0.25, 0.3) is 11.3 Å². The lowest BCUT2D eigenvalue weighted by atomic mass is 10.0.